The summed E-state index contributed by atoms with van der Waals surface area (Å²) in [5, 5.41) is 6.76. The zero-order valence-corrected chi connectivity index (χ0v) is 18.1. The molecular weight excluding hydrogens is 435 g/mol. The number of carbonyl (C=O) groups is 1. The molecule has 0 aliphatic carbocycles. The number of aromatic nitrogens is 4. The molecule has 0 bridgehead atoms. The van der Waals surface area contributed by atoms with Gasteiger partial charge in [-0.05, 0) is 31.2 Å². The van der Waals surface area contributed by atoms with Gasteiger partial charge in [0.25, 0.3) is 5.91 Å². The van der Waals surface area contributed by atoms with Crippen LogP contribution in [0.1, 0.15) is 16.1 Å². The van der Waals surface area contributed by atoms with Crippen LogP contribution >= 0.6 is 0 Å². The average molecular weight is 454 g/mol. The second-order valence-electron chi connectivity index (χ2n) is 7.60. The summed E-state index contributed by atoms with van der Waals surface area (Å²) in [5.41, 5.74) is 9.43. The lowest BCUT2D eigenvalue weighted by atomic mass is 10.1. The van der Waals surface area contributed by atoms with Crippen LogP contribution in [0.3, 0.4) is 0 Å². The van der Waals surface area contributed by atoms with Crippen LogP contribution in [-0.2, 0) is 0 Å². The van der Waals surface area contributed by atoms with Gasteiger partial charge in [0.05, 0.1) is 11.9 Å². The Balaban J connectivity index is 1.34. The summed E-state index contributed by atoms with van der Waals surface area (Å²) in [5.74, 6) is -0.759. The highest BCUT2D eigenvalue weighted by atomic mass is 19.1. The first-order valence-electron chi connectivity index (χ1n) is 10.4. The molecule has 9 heteroatoms. The number of ether oxygens (including phenoxy) is 1. The predicted octanol–water partition coefficient (Wildman–Crippen LogP) is 4.87. The number of halogens is 1. The van der Waals surface area contributed by atoms with Crippen molar-refractivity contribution in [2.45, 2.75) is 6.92 Å². The second kappa shape index (κ2) is 8.62. The quantitative estimate of drug-likeness (QED) is 0.393. The monoisotopic (exact) mass is 454 g/mol. The van der Waals surface area contributed by atoms with Crippen LogP contribution in [0.4, 0.5) is 15.9 Å². The van der Waals surface area contributed by atoms with Gasteiger partial charge < -0.3 is 15.8 Å². The van der Waals surface area contributed by atoms with Crippen LogP contribution in [0.15, 0.2) is 79.0 Å². The third kappa shape index (κ3) is 4.26. The Morgan fingerprint density at radius 2 is 1.85 bits per heavy atom. The van der Waals surface area contributed by atoms with Gasteiger partial charge in [0.2, 0.25) is 5.88 Å². The Morgan fingerprint density at radius 3 is 2.65 bits per heavy atom. The fourth-order valence-corrected chi connectivity index (χ4v) is 3.39. The van der Waals surface area contributed by atoms with Crippen molar-refractivity contribution in [3.63, 3.8) is 0 Å². The number of aryl methyl sites for hydroxylation is 1. The van der Waals surface area contributed by atoms with Crippen LogP contribution in [-0.4, -0.2) is 25.5 Å². The summed E-state index contributed by atoms with van der Waals surface area (Å²) in [6.45, 7) is 2.00. The van der Waals surface area contributed by atoms with Crippen molar-refractivity contribution in [3.05, 3.63) is 96.1 Å². The molecule has 5 aromatic rings. The van der Waals surface area contributed by atoms with Gasteiger partial charge in [0.15, 0.2) is 17.2 Å². The smallest absolute Gasteiger partial charge is 0.274 e. The number of nitrogen functional groups attached to an aromatic ring is 1. The molecule has 0 unspecified atom stereocenters. The van der Waals surface area contributed by atoms with Gasteiger partial charge in [-0.25, -0.2) is 14.4 Å². The first-order chi connectivity index (χ1) is 16.5. The molecule has 0 saturated heterocycles. The number of hydrogen-bond acceptors (Lipinski definition) is 6. The van der Waals surface area contributed by atoms with E-state index in [1.54, 1.807) is 18.2 Å². The minimum atomic E-state index is -0.671. The van der Waals surface area contributed by atoms with Crippen molar-refractivity contribution in [2.24, 2.45) is 0 Å². The molecule has 3 heterocycles. The molecule has 5 rings (SSSR count). The molecule has 8 nitrogen and oxygen atoms in total. The van der Waals surface area contributed by atoms with Gasteiger partial charge in [0.1, 0.15) is 11.5 Å². The number of benzene rings is 2. The molecule has 0 fully saturated rings. The van der Waals surface area contributed by atoms with E-state index < -0.39 is 11.7 Å². The number of anilines is 2. The first kappa shape index (κ1) is 21.1. The highest BCUT2D eigenvalue weighted by Crippen LogP contribution is 2.28. The summed E-state index contributed by atoms with van der Waals surface area (Å²) >= 11 is 0. The summed E-state index contributed by atoms with van der Waals surface area (Å²) in [4.78, 5) is 21.3. The minimum absolute atomic E-state index is 0.0557. The topological polar surface area (TPSA) is 107 Å². The van der Waals surface area contributed by atoms with Crippen molar-refractivity contribution in [2.75, 3.05) is 11.1 Å². The Labute approximate surface area is 193 Å². The SMILES string of the molecule is Cc1ccc(-c2cccc(C(=O)Nc3ccc(Oc4cc(N)nc5ccnn45)c(F)c3)n2)cc1. The lowest BCUT2D eigenvalue weighted by molar-refractivity contribution is 0.102. The van der Waals surface area contributed by atoms with Crippen LogP contribution < -0.4 is 15.8 Å². The van der Waals surface area contributed by atoms with E-state index in [0.29, 0.717) is 11.3 Å². The van der Waals surface area contributed by atoms with Crippen molar-refractivity contribution in [1.82, 2.24) is 19.6 Å². The van der Waals surface area contributed by atoms with Gasteiger partial charge in [-0.15, -0.1) is 0 Å². The van der Waals surface area contributed by atoms with Gasteiger partial charge >= 0.3 is 0 Å². The van der Waals surface area contributed by atoms with Crippen molar-refractivity contribution >= 4 is 23.1 Å². The number of amides is 1. The molecule has 3 N–H and O–H groups in total. The van der Waals surface area contributed by atoms with E-state index in [0.717, 1.165) is 11.1 Å². The molecule has 0 aliphatic heterocycles. The third-order valence-electron chi connectivity index (χ3n) is 5.08. The zero-order chi connectivity index (χ0) is 23.7. The number of nitrogens with zero attached hydrogens (tertiary/aromatic N) is 4. The second-order valence-corrected chi connectivity index (χ2v) is 7.60. The lowest BCUT2D eigenvalue weighted by Crippen LogP contribution is -2.14. The zero-order valence-electron chi connectivity index (χ0n) is 18.1. The maximum Gasteiger partial charge on any atom is 0.274 e. The largest absolute Gasteiger partial charge is 0.436 e. The number of hydrogen-bond donors (Lipinski definition) is 2. The number of rotatable bonds is 5. The van der Waals surface area contributed by atoms with E-state index in [1.165, 1.54) is 35.0 Å². The molecule has 2 aromatic carbocycles. The molecule has 0 radical (unpaired) electrons. The number of nitrogens with one attached hydrogen (secondary N) is 1. The standard InChI is InChI=1S/C25H19FN6O2/c1-15-5-7-16(8-6-15)19-3-2-4-20(30-19)25(33)29-17-9-10-21(18(26)13-17)34-24-14-22(27)31-23-11-12-28-32(23)24/h2-14H,1H3,(H2,27,31)(H,29,33). The molecule has 34 heavy (non-hydrogen) atoms. The number of carbonyl (C=O) groups excluding carboxylic acids is 1. The van der Waals surface area contributed by atoms with E-state index >= 15 is 0 Å². The van der Waals surface area contributed by atoms with Crippen LogP contribution in [0.25, 0.3) is 16.9 Å². The normalized spacial score (nSPS) is 10.9. The average Bonchev–Trinajstić information content (AvgIpc) is 3.30. The van der Waals surface area contributed by atoms with Gasteiger partial charge in [-0.3, -0.25) is 4.79 Å². The van der Waals surface area contributed by atoms with Gasteiger partial charge in [-0.2, -0.15) is 9.61 Å². The molecule has 0 saturated carbocycles. The highest BCUT2D eigenvalue weighted by Gasteiger charge is 2.14. The Morgan fingerprint density at radius 1 is 1.03 bits per heavy atom. The van der Waals surface area contributed by atoms with E-state index in [9.17, 15) is 9.18 Å². The van der Waals surface area contributed by atoms with Crippen molar-refractivity contribution in [1.29, 1.82) is 0 Å². The fourth-order valence-electron chi connectivity index (χ4n) is 3.39. The van der Waals surface area contributed by atoms with Crippen LogP contribution in [0.2, 0.25) is 0 Å². The van der Waals surface area contributed by atoms with Gasteiger partial charge in [0, 0.05) is 29.4 Å². The van der Waals surface area contributed by atoms with E-state index in [2.05, 4.69) is 20.4 Å². The first-order valence-corrected chi connectivity index (χ1v) is 10.4. The van der Waals surface area contributed by atoms with Crippen molar-refractivity contribution < 1.29 is 13.9 Å². The molecule has 0 atom stereocenters. The molecule has 3 aromatic heterocycles. The maximum absolute atomic E-state index is 14.8. The number of fused-ring (bicyclic) bond motifs is 1. The number of pyridine rings is 1. The summed E-state index contributed by atoms with van der Waals surface area (Å²) in [7, 11) is 0. The van der Waals surface area contributed by atoms with Crippen LogP contribution in [0.5, 0.6) is 11.6 Å². The number of nitrogens with two attached hydrogens (primary N) is 1. The molecular formula is C25H19FN6O2. The van der Waals surface area contributed by atoms with Crippen molar-refractivity contribution in [3.8, 4) is 22.9 Å². The van der Waals surface area contributed by atoms with Crippen LogP contribution in [0, 0.1) is 12.7 Å². The Kier molecular flexibility index (Phi) is 5.35. The Bertz CT molecular complexity index is 1510. The predicted molar refractivity (Wildman–Crippen MR) is 126 cm³/mol. The van der Waals surface area contributed by atoms with E-state index in [-0.39, 0.29) is 28.8 Å². The lowest BCUT2D eigenvalue weighted by Gasteiger charge is -2.11. The molecule has 0 aliphatic rings. The molecule has 168 valence electrons. The summed E-state index contributed by atoms with van der Waals surface area (Å²) < 4.78 is 21.8. The summed E-state index contributed by atoms with van der Waals surface area (Å²) in [6, 6.07) is 20.2. The molecule has 1 amide bonds. The fraction of sp³-hybridized carbons (Fsp3) is 0.0400. The van der Waals surface area contributed by atoms with E-state index in [1.807, 2.05) is 37.3 Å². The van der Waals surface area contributed by atoms with Gasteiger partial charge in [-0.1, -0.05) is 35.9 Å². The maximum atomic E-state index is 14.8. The minimum Gasteiger partial charge on any atom is -0.436 e. The van der Waals surface area contributed by atoms with E-state index in [4.69, 9.17) is 10.5 Å². The Hall–Kier alpha value is -4.79. The third-order valence-corrected chi connectivity index (χ3v) is 5.08. The highest BCUT2D eigenvalue weighted by molar-refractivity contribution is 6.03. The summed E-state index contributed by atoms with van der Waals surface area (Å²) in [6.07, 6.45) is 1.53. The molecule has 0 spiro atoms.